The van der Waals surface area contributed by atoms with Crippen molar-refractivity contribution in [2.24, 2.45) is 29.5 Å². The molecule has 0 aromatic carbocycles. The van der Waals surface area contributed by atoms with Gasteiger partial charge in [0.2, 0.25) is 0 Å². The normalized spacial score (nSPS) is 43.0. The lowest BCUT2D eigenvalue weighted by Gasteiger charge is -2.39. The molecule has 0 amide bonds. The number of hydrogen-bond donors (Lipinski definition) is 2. The van der Waals surface area contributed by atoms with Crippen LogP contribution >= 0.6 is 0 Å². The van der Waals surface area contributed by atoms with Crippen molar-refractivity contribution in [2.75, 3.05) is 6.61 Å². The van der Waals surface area contributed by atoms with Gasteiger partial charge >= 0.3 is 0 Å². The summed E-state index contributed by atoms with van der Waals surface area (Å²) >= 11 is 0. The Bertz CT molecular complexity index is 259. The molecule has 0 aromatic heterocycles. The fourth-order valence-electron chi connectivity index (χ4n) is 4.02. The summed E-state index contributed by atoms with van der Waals surface area (Å²) in [5, 5.41) is 0. The van der Waals surface area contributed by atoms with Crippen LogP contribution in [0.4, 0.5) is 0 Å². The van der Waals surface area contributed by atoms with Crippen molar-refractivity contribution in [1.29, 1.82) is 0 Å². The first-order chi connectivity index (χ1) is 8.67. The molecule has 0 radical (unpaired) electrons. The van der Waals surface area contributed by atoms with E-state index in [1.807, 2.05) is 0 Å². The van der Waals surface area contributed by atoms with Crippen molar-refractivity contribution in [3.63, 3.8) is 0 Å². The highest BCUT2D eigenvalue weighted by molar-refractivity contribution is 4.91. The number of hydrazine groups is 1. The highest BCUT2D eigenvalue weighted by Crippen LogP contribution is 2.39. The lowest BCUT2D eigenvalue weighted by Crippen LogP contribution is -2.50. The Morgan fingerprint density at radius 2 is 2.00 bits per heavy atom. The average molecular weight is 254 g/mol. The Morgan fingerprint density at radius 3 is 2.61 bits per heavy atom. The van der Waals surface area contributed by atoms with Crippen LogP contribution < -0.4 is 11.3 Å². The van der Waals surface area contributed by atoms with E-state index in [2.05, 4.69) is 26.2 Å². The molecule has 1 saturated heterocycles. The van der Waals surface area contributed by atoms with Crippen molar-refractivity contribution in [2.45, 2.75) is 65.0 Å². The van der Waals surface area contributed by atoms with E-state index in [9.17, 15) is 0 Å². The lowest BCUT2D eigenvalue weighted by atomic mass is 9.70. The minimum absolute atomic E-state index is 0.417. The van der Waals surface area contributed by atoms with Gasteiger partial charge in [-0.05, 0) is 43.4 Å². The molecule has 1 aliphatic carbocycles. The van der Waals surface area contributed by atoms with Crippen LogP contribution in [0.2, 0.25) is 0 Å². The predicted molar refractivity (Wildman–Crippen MR) is 74.9 cm³/mol. The lowest BCUT2D eigenvalue weighted by molar-refractivity contribution is 0.0576. The third-order valence-electron chi connectivity index (χ3n) is 5.46. The largest absolute Gasteiger partial charge is 0.378 e. The molecule has 0 aromatic rings. The Labute approximate surface area is 112 Å². The van der Waals surface area contributed by atoms with Crippen LogP contribution in [0.5, 0.6) is 0 Å². The zero-order valence-corrected chi connectivity index (χ0v) is 12.2. The molecule has 3 heteroatoms. The molecule has 2 fully saturated rings. The molecular formula is C15H30N2O. The minimum Gasteiger partial charge on any atom is -0.378 e. The summed E-state index contributed by atoms with van der Waals surface area (Å²) in [5.41, 5.74) is 3.13. The molecule has 0 bridgehead atoms. The molecular weight excluding hydrogens is 224 g/mol. The molecule has 1 saturated carbocycles. The number of nitrogens with one attached hydrogen (secondary N) is 1. The van der Waals surface area contributed by atoms with Crippen LogP contribution in [-0.2, 0) is 4.74 Å². The average Bonchev–Trinajstić information content (AvgIpc) is 2.83. The van der Waals surface area contributed by atoms with Crippen LogP contribution in [0.1, 0.15) is 52.9 Å². The van der Waals surface area contributed by atoms with Gasteiger partial charge in [0, 0.05) is 18.6 Å². The van der Waals surface area contributed by atoms with E-state index in [4.69, 9.17) is 10.6 Å². The fourth-order valence-corrected chi connectivity index (χ4v) is 4.02. The summed E-state index contributed by atoms with van der Waals surface area (Å²) in [6.45, 7) is 7.92. The molecule has 2 rings (SSSR count). The molecule has 1 aliphatic heterocycles. The van der Waals surface area contributed by atoms with Crippen LogP contribution in [-0.4, -0.2) is 18.8 Å². The van der Waals surface area contributed by atoms with E-state index in [0.717, 1.165) is 30.8 Å². The number of ether oxygens (including phenoxy) is 1. The Hall–Kier alpha value is -0.120. The summed E-state index contributed by atoms with van der Waals surface area (Å²) in [6, 6.07) is 0.451. The molecule has 106 valence electrons. The minimum atomic E-state index is 0.417. The van der Waals surface area contributed by atoms with Crippen LogP contribution in [0.25, 0.3) is 0 Å². The van der Waals surface area contributed by atoms with Crippen molar-refractivity contribution >= 4 is 0 Å². The zero-order chi connectivity index (χ0) is 13.1. The molecule has 2 aliphatic rings. The third kappa shape index (κ3) is 2.89. The topological polar surface area (TPSA) is 47.3 Å². The smallest absolute Gasteiger partial charge is 0.0617 e. The molecule has 6 unspecified atom stereocenters. The van der Waals surface area contributed by atoms with Gasteiger partial charge in [-0.15, -0.1) is 0 Å². The van der Waals surface area contributed by atoms with Crippen LogP contribution in [0.15, 0.2) is 0 Å². The van der Waals surface area contributed by atoms with Crippen LogP contribution in [0.3, 0.4) is 0 Å². The maximum atomic E-state index is 5.87. The second-order valence-electron chi connectivity index (χ2n) is 6.49. The van der Waals surface area contributed by atoms with E-state index < -0.39 is 0 Å². The summed E-state index contributed by atoms with van der Waals surface area (Å²) in [6.07, 6.45) is 6.71. The van der Waals surface area contributed by atoms with Gasteiger partial charge < -0.3 is 4.74 Å². The van der Waals surface area contributed by atoms with Gasteiger partial charge in [0.25, 0.3) is 0 Å². The quantitative estimate of drug-likeness (QED) is 0.599. The Morgan fingerprint density at radius 1 is 1.22 bits per heavy atom. The van der Waals surface area contributed by atoms with E-state index in [1.165, 1.54) is 25.7 Å². The van der Waals surface area contributed by atoms with E-state index in [-0.39, 0.29) is 0 Å². The monoisotopic (exact) mass is 254 g/mol. The molecule has 18 heavy (non-hydrogen) atoms. The summed E-state index contributed by atoms with van der Waals surface area (Å²) in [5.74, 6) is 8.94. The molecule has 0 spiro atoms. The van der Waals surface area contributed by atoms with Gasteiger partial charge in [-0.2, -0.15) is 0 Å². The predicted octanol–water partition coefficient (Wildman–Crippen LogP) is 2.71. The molecule has 1 heterocycles. The zero-order valence-electron chi connectivity index (χ0n) is 12.2. The number of hydrogen-bond acceptors (Lipinski definition) is 3. The maximum absolute atomic E-state index is 5.87. The van der Waals surface area contributed by atoms with Gasteiger partial charge in [0.05, 0.1) is 6.10 Å². The second kappa shape index (κ2) is 6.36. The Kier molecular flexibility index (Phi) is 5.05. The van der Waals surface area contributed by atoms with E-state index in [1.54, 1.807) is 0 Å². The van der Waals surface area contributed by atoms with Gasteiger partial charge in [-0.1, -0.05) is 27.2 Å². The molecule has 3 nitrogen and oxygen atoms in total. The molecule has 6 atom stereocenters. The SMILES string of the molecule is CCC1OCCC1C(NN)C1CCC(C)C(C)C1. The number of nitrogens with two attached hydrogens (primary N) is 1. The molecule has 3 N–H and O–H groups in total. The second-order valence-corrected chi connectivity index (χ2v) is 6.49. The van der Waals surface area contributed by atoms with Crippen LogP contribution in [0, 0.1) is 23.7 Å². The van der Waals surface area contributed by atoms with Crippen molar-refractivity contribution in [3.05, 3.63) is 0 Å². The van der Waals surface area contributed by atoms with Gasteiger partial charge in [-0.3, -0.25) is 11.3 Å². The highest BCUT2D eigenvalue weighted by Gasteiger charge is 2.39. The summed E-state index contributed by atoms with van der Waals surface area (Å²) in [7, 11) is 0. The van der Waals surface area contributed by atoms with Crippen molar-refractivity contribution in [3.8, 4) is 0 Å². The summed E-state index contributed by atoms with van der Waals surface area (Å²) in [4.78, 5) is 0. The van der Waals surface area contributed by atoms with Gasteiger partial charge in [0.1, 0.15) is 0 Å². The first kappa shape index (κ1) is 14.3. The van der Waals surface area contributed by atoms with Crippen molar-refractivity contribution in [1.82, 2.24) is 5.43 Å². The summed E-state index contributed by atoms with van der Waals surface area (Å²) < 4.78 is 5.84. The standard InChI is InChI=1S/C15H30N2O/c1-4-14-13(7-8-18-14)15(17-16)12-6-5-10(2)11(3)9-12/h10-15,17H,4-9,16H2,1-3H3. The first-order valence-electron chi connectivity index (χ1n) is 7.75. The highest BCUT2D eigenvalue weighted by atomic mass is 16.5. The van der Waals surface area contributed by atoms with Gasteiger partial charge in [-0.25, -0.2) is 0 Å². The first-order valence-corrected chi connectivity index (χ1v) is 7.75. The maximum Gasteiger partial charge on any atom is 0.0617 e. The number of rotatable bonds is 4. The fraction of sp³-hybridized carbons (Fsp3) is 1.00. The third-order valence-corrected chi connectivity index (χ3v) is 5.46. The van der Waals surface area contributed by atoms with Gasteiger partial charge in [0.15, 0.2) is 0 Å². The van der Waals surface area contributed by atoms with Crippen molar-refractivity contribution < 1.29 is 4.74 Å². The van der Waals surface area contributed by atoms with E-state index in [0.29, 0.717) is 18.1 Å². The Balaban J connectivity index is 2.00. The van der Waals surface area contributed by atoms with E-state index >= 15 is 0 Å².